The van der Waals surface area contributed by atoms with Crippen molar-refractivity contribution in [2.75, 3.05) is 12.4 Å². The minimum atomic E-state index is -3.76. The Bertz CT molecular complexity index is 801. The van der Waals surface area contributed by atoms with Crippen LogP contribution in [0.4, 0.5) is 5.69 Å². The number of carbonyl (C=O) groups is 1. The molecule has 0 aliphatic heterocycles. The number of sulfonamides is 1. The van der Waals surface area contributed by atoms with Crippen molar-refractivity contribution in [1.82, 2.24) is 0 Å². The molecule has 0 fully saturated rings. The zero-order valence-corrected chi connectivity index (χ0v) is 14.0. The van der Waals surface area contributed by atoms with Gasteiger partial charge in [-0.3, -0.25) is 4.79 Å². The molecule has 0 bridgehead atoms. The molecule has 7 nitrogen and oxygen atoms in total. The summed E-state index contributed by atoms with van der Waals surface area (Å²) >= 11 is 0. The summed E-state index contributed by atoms with van der Waals surface area (Å²) < 4.78 is 33.0. The van der Waals surface area contributed by atoms with Crippen LogP contribution in [0.1, 0.15) is 6.92 Å². The van der Waals surface area contributed by atoms with E-state index in [2.05, 4.69) is 5.32 Å². The molecule has 2 aromatic rings. The molecule has 8 heteroatoms. The lowest BCUT2D eigenvalue weighted by Crippen LogP contribution is -2.30. The molecule has 2 aromatic carbocycles. The van der Waals surface area contributed by atoms with Crippen molar-refractivity contribution in [2.24, 2.45) is 5.14 Å². The average Bonchev–Trinajstić information content (AvgIpc) is 2.55. The number of hydrogen-bond acceptors (Lipinski definition) is 5. The largest absolute Gasteiger partial charge is 0.497 e. The normalized spacial score (nSPS) is 12.3. The van der Waals surface area contributed by atoms with Crippen LogP contribution in [0.3, 0.4) is 0 Å². The quantitative estimate of drug-likeness (QED) is 0.825. The van der Waals surface area contributed by atoms with Crippen LogP contribution in [0.5, 0.6) is 11.5 Å². The topological polar surface area (TPSA) is 108 Å². The van der Waals surface area contributed by atoms with Crippen LogP contribution in [0, 0.1) is 0 Å². The monoisotopic (exact) mass is 350 g/mol. The van der Waals surface area contributed by atoms with Crippen molar-refractivity contribution in [3.63, 3.8) is 0 Å². The second-order valence-corrected chi connectivity index (χ2v) is 6.56. The standard InChI is InChI=1S/C16H18N2O5S/c1-11(23-14-7-5-13(22-2)6-8-14)16(19)18-12-3-9-15(10-4-12)24(17,20)21/h3-11H,1-2H3,(H,18,19)(H2,17,20,21)/t11-/m0/s1. The number of amides is 1. The molecule has 0 spiro atoms. The number of ether oxygens (including phenoxy) is 2. The number of hydrogen-bond donors (Lipinski definition) is 2. The van der Waals surface area contributed by atoms with E-state index in [1.807, 2.05) is 0 Å². The van der Waals surface area contributed by atoms with E-state index in [-0.39, 0.29) is 10.8 Å². The minimum absolute atomic E-state index is 0.0250. The van der Waals surface area contributed by atoms with Crippen LogP contribution < -0.4 is 19.9 Å². The van der Waals surface area contributed by atoms with Crippen molar-refractivity contribution in [3.05, 3.63) is 48.5 Å². The molecule has 0 radical (unpaired) electrons. The molecule has 0 unspecified atom stereocenters. The van der Waals surface area contributed by atoms with Crippen molar-refractivity contribution >= 4 is 21.6 Å². The Balaban J connectivity index is 1.98. The Morgan fingerprint density at radius 3 is 2.08 bits per heavy atom. The maximum absolute atomic E-state index is 12.1. The first-order valence-electron chi connectivity index (χ1n) is 7.04. The third-order valence-corrected chi connectivity index (χ3v) is 4.12. The van der Waals surface area contributed by atoms with Gasteiger partial charge in [0.25, 0.3) is 5.91 Å². The van der Waals surface area contributed by atoms with E-state index in [0.29, 0.717) is 17.2 Å². The summed E-state index contributed by atoms with van der Waals surface area (Å²) in [5.74, 6) is 0.853. The first-order chi connectivity index (χ1) is 11.3. The van der Waals surface area contributed by atoms with Gasteiger partial charge in [0.15, 0.2) is 6.10 Å². The molecule has 0 aliphatic carbocycles. The Hall–Kier alpha value is -2.58. The fraction of sp³-hybridized carbons (Fsp3) is 0.188. The second kappa shape index (κ2) is 7.33. The Kier molecular flexibility index (Phi) is 5.42. The van der Waals surface area contributed by atoms with E-state index in [9.17, 15) is 13.2 Å². The van der Waals surface area contributed by atoms with E-state index in [1.54, 1.807) is 38.3 Å². The van der Waals surface area contributed by atoms with Crippen molar-refractivity contribution in [1.29, 1.82) is 0 Å². The van der Waals surface area contributed by atoms with E-state index < -0.39 is 16.1 Å². The number of nitrogens with two attached hydrogens (primary N) is 1. The molecule has 0 saturated carbocycles. The van der Waals surface area contributed by atoms with E-state index >= 15 is 0 Å². The maximum Gasteiger partial charge on any atom is 0.265 e. The highest BCUT2D eigenvalue weighted by Crippen LogP contribution is 2.19. The predicted octanol–water partition coefficient (Wildman–Crippen LogP) is 1.75. The molecule has 0 aliphatic rings. The highest BCUT2D eigenvalue weighted by Gasteiger charge is 2.15. The number of carbonyl (C=O) groups excluding carboxylic acids is 1. The van der Waals surface area contributed by atoms with Crippen molar-refractivity contribution in [2.45, 2.75) is 17.9 Å². The molecule has 24 heavy (non-hydrogen) atoms. The van der Waals surface area contributed by atoms with Gasteiger partial charge in [0, 0.05) is 5.69 Å². The van der Waals surface area contributed by atoms with Crippen molar-refractivity contribution in [3.8, 4) is 11.5 Å². The molecule has 1 atom stereocenters. The first kappa shape index (κ1) is 17.8. The van der Waals surface area contributed by atoms with E-state index in [1.165, 1.54) is 24.3 Å². The van der Waals surface area contributed by atoms with Gasteiger partial charge in [-0.1, -0.05) is 0 Å². The van der Waals surface area contributed by atoms with E-state index in [4.69, 9.17) is 14.6 Å². The van der Waals surface area contributed by atoms with Gasteiger partial charge in [-0.2, -0.15) is 0 Å². The number of rotatable bonds is 6. The molecule has 128 valence electrons. The molecule has 1 amide bonds. The van der Waals surface area contributed by atoms with Crippen LogP contribution >= 0.6 is 0 Å². The number of methoxy groups -OCH3 is 1. The SMILES string of the molecule is COc1ccc(O[C@@H](C)C(=O)Nc2ccc(S(N)(=O)=O)cc2)cc1. The molecule has 3 N–H and O–H groups in total. The smallest absolute Gasteiger partial charge is 0.265 e. The Morgan fingerprint density at radius 1 is 1.04 bits per heavy atom. The lowest BCUT2D eigenvalue weighted by Gasteiger charge is -2.15. The number of anilines is 1. The highest BCUT2D eigenvalue weighted by atomic mass is 32.2. The number of nitrogens with one attached hydrogen (secondary N) is 1. The molecule has 0 aromatic heterocycles. The summed E-state index contributed by atoms with van der Waals surface area (Å²) in [5.41, 5.74) is 0.442. The van der Waals surface area contributed by atoms with Crippen molar-refractivity contribution < 1.29 is 22.7 Å². The summed E-state index contributed by atoms with van der Waals surface area (Å²) in [7, 11) is -2.20. The number of benzene rings is 2. The van der Waals surface area contributed by atoms with Gasteiger partial charge < -0.3 is 14.8 Å². The van der Waals surface area contributed by atoms with Gasteiger partial charge in [0.1, 0.15) is 11.5 Å². The van der Waals surface area contributed by atoms with Crippen LogP contribution in [0.25, 0.3) is 0 Å². The van der Waals surface area contributed by atoms with Gasteiger partial charge in [-0.05, 0) is 55.5 Å². The van der Waals surface area contributed by atoms with Gasteiger partial charge in [0.05, 0.1) is 12.0 Å². The van der Waals surface area contributed by atoms with Crippen LogP contribution in [0.2, 0.25) is 0 Å². The first-order valence-corrected chi connectivity index (χ1v) is 8.58. The maximum atomic E-state index is 12.1. The zero-order chi connectivity index (χ0) is 17.7. The summed E-state index contributed by atoms with van der Waals surface area (Å²) in [6.07, 6.45) is -0.740. The highest BCUT2D eigenvalue weighted by molar-refractivity contribution is 7.89. The summed E-state index contributed by atoms with van der Waals surface area (Å²) in [4.78, 5) is 12.1. The van der Waals surface area contributed by atoms with Gasteiger partial charge in [-0.15, -0.1) is 0 Å². The third-order valence-electron chi connectivity index (χ3n) is 3.19. The average molecular weight is 350 g/mol. The summed E-state index contributed by atoms with van der Waals surface area (Å²) in [6, 6.07) is 12.4. The molecule has 2 rings (SSSR count). The molecular weight excluding hydrogens is 332 g/mol. The summed E-state index contributed by atoms with van der Waals surface area (Å²) in [6.45, 7) is 1.61. The Morgan fingerprint density at radius 2 is 1.58 bits per heavy atom. The fourth-order valence-electron chi connectivity index (χ4n) is 1.88. The number of primary sulfonamides is 1. The van der Waals surface area contributed by atoms with E-state index in [0.717, 1.165) is 0 Å². The summed E-state index contributed by atoms with van der Waals surface area (Å²) in [5, 5.41) is 7.66. The Labute approximate surface area is 140 Å². The van der Waals surface area contributed by atoms with Gasteiger partial charge >= 0.3 is 0 Å². The zero-order valence-electron chi connectivity index (χ0n) is 13.2. The van der Waals surface area contributed by atoms with Crippen LogP contribution in [0.15, 0.2) is 53.4 Å². The van der Waals surface area contributed by atoms with Gasteiger partial charge in [-0.25, -0.2) is 13.6 Å². The minimum Gasteiger partial charge on any atom is -0.497 e. The van der Waals surface area contributed by atoms with Crippen LogP contribution in [-0.2, 0) is 14.8 Å². The third kappa shape index (κ3) is 4.71. The fourth-order valence-corrected chi connectivity index (χ4v) is 2.40. The lowest BCUT2D eigenvalue weighted by molar-refractivity contribution is -0.122. The lowest BCUT2D eigenvalue weighted by atomic mass is 10.3. The van der Waals surface area contributed by atoms with Gasteiger partial charge in [0.2, 0.25) is 10.0 Å². The second-order valence-electron chi connectivity index (χ2n) is 4.99. The molecule has 0 saturated heterocycles. The molecule has 0 heterocycles. The van der Waals surface area contributed by atoms with Crippen LogP contribution in [-0.4, -0.2) is 27.5 Å². The predicted molar refractivity (Wildman–Crippen MR) is 89.5 cm³/mol. The molecular formula is C16H18N2O5S.